The molecule has 6 aliphatic heterocycles. The molecule has 1 aliphatic carbocycles. The number of piperazine rings is 1. The van der Waals surface area contributed by atoms with Crippen LogP contribution in [0.4, 0.5) is 28.6 Å². The Labute approximate surface area is 412 Å². The number of imide groups is 2. The molecule has 0 spiro atoms. The number of fused-ring (bicyclic) bond motifs is 4. The highest BCUT2D eigenvalue weighted by atomic mass is 16.3. The molecule has 11 rings (SSSR count). The number of carbonyl (C=O) groups excluding carboxylic acids is 6. The smallest absolute Gasteiger partial charge is 0.270 e. The predicted octanol–water partition coefficient (Wildman–Crippen LogP) is 3.31. The van der Waals surface area contributed by atoms with Gasteiger partial charge in [-0.15, -0.1) is 0 Å². The third-order valence-corrected chi connectivity index (χ3v) is 16.2. The molecule has 3 aromatic heterocycles. The number of nitrogens with one attached hydrogen (secondary N) is 2. The monoisotopic (exact) mass is 966 g/mol. The van der Waals surface area contributed by atoms with Gasteiger partial charge in [0.2, 0.25) is 11.8 Å². The van der Waals surface area contributed by atoms with E-state index in [0.717, 1.165) is 99.8 Å². The second-order valence-electron chi connectivity index (χ2n) is 21.2. The number of amides is 6. The van der Waals surface area contributed by atoms with Crippen molar-refractivity contribution in [3.8, 4) is 0 Å². The molecule has 9 heterocycles. The highest BCUT2D eigenvalue weighted by molar-refractivity contribution is 6.23. The van der Waals surface area contributed by atoms with Gasteiger partial charge >= 0.3 is 0 Å². The molecule has 0 bridgehead atoms. The van der Waals surface area contributed by atoms with Crippen molar-refractivity contribution < 1.29 is 33.9 Å². The number of hydrogen-bond acceptors (Lipinski definition) is 14. The van der Waals surface area contributed by atoms with E-state index in [1.807, 2.05) is 35.4 Å². The summed E-state index contributed by atoms with van der Waals surface area (Å²) in [6.07, 6.45) is 9.06. The van der Waals surface area contributed by atoms with Gasteiger partial charge in [0.15, 0.2) is 5.69 Å². The Morgan fingerprint density at radius 2 is 1.56 bits per heavy atom. The average Bonchev–Trinajstić information content (AvgIpc) is 3.95. The maximum absolute atomic E-state index is 14.1. The van der Waals surface area contributed by atoms with E-state index in [-0.39, 0.29) is 60.2 Å². The molecule has 71 heavy (non-hydrogen) atoms. The van der Waals surface area contributed by atoms with Gasteiger partial charge in [0, 0.05) is 82.2 Å². The summed E-state index contributed by atoms with van der Waals surface area (Å²) in [7, 11) is 0. The van der Waals surface area contributed by atoms with Crippen molar-refractivity contribution >= 4 is 64.0 Å². The number of primary amides is 1. The lowest BCUT2D eigenvalue weighted by Gasteiger charge is -2.47. The van der Waals surface area contributed by atoms with Crippen molar-refractivity contribution in [3.63, 3.8) is 0 Å². The first-order valence-corrected chi connectivity index (χ1v) is 25.2. The number of rotatable bonds is 10. The summed E-state index contributed by atoms with van der Waals surface area (Å²) in [5.74, 6) is -2.17. The van der Waals surface area contributed by atoms with E-state index in [1.54, 1.807) is 18.3 Å². The van der Waals surface area contributed by atoms with Crippen LogP contribution in [0.1, 0.15) is 112 Å². The highest BCUT2D eigenvalue weighted by Gasteiger charge is 2.46. The van der Waals surface area contributed by atoms with Crippen molar-refractivity contribution in [2.45, 2.75) is 109 Å². The van der Waals surface area contributed by atoms with E-state index in [0.29, 0.717) is 41.9 Å². The van der Waals surface area contributed by atoms with Crippen LogP contribution in [0.25, 0.3) is 0 Å². The third-order valence-electron chi connectivity index (χ3n) is 16.2. The fraction of sp³-hybridized carbons (Fsp3) is 0.500. The number of aromatic nitrogens is 3. The van der Waals surface area contributed by atoms with Crippen molar-refractivity contribution in [1.82, 2.24) is 34.6 Å². The largest absolute Gasteiger partial charge is 0.394 e. The molecular weight excluding hydrogens is 905 g/mol. The molecule has 19 heteroatoms. The van der Waals surface area contributed by atoms with Crippen molar-refractivity contribution in [3.05, 3.63) is 88.6 Å². The lowest BCUT2D eigenvalue weighted by atomic mass is 9.90. The lowest BCUT2D eigenvalue weighted by molar-refractivity contribution is -0.136. The first kappa shape index (κ1) is 46.5. The summed E-state index contributed by atoms with van der Waals surface area (Å²) in [5, 5.41) is 16.5. The summed E-state index contributed by atoms with van der Waals surface area (Å²) in [5.41, 5.74) is 13.0. The molecule has 1 aromatic carbocycles. The quantitative estimate of drug-likeness (QED) is 0.168. The van der Waals surface area contributed by atoms with Gasteiger partial charge in [0.25, 0.3) is 23.6 Å². The SMILES string of the molecule is C[C@H]1CN(C2CCN(c3ccc4c(c3)C(=O)N(C3CCC(=O)NC3=O)C4=O)CC2)CCN1c1ccc(Nc2cc(N3CCC[C@H](N4CCn5c(cc6c5CC(C)(C)C6)C4=O)[C@@H]3CO)cnc2C(N)=O)nc1. The van der Waals surface area contributed by atoms with Crippen LogP contribution in [0, 0.1) is 5.41 Å². The number of anilines is 5. The van der Waals surface area contributed by atoms with Gasteiger partial charge in [-0.05, 0) is 105 Å². The average molecular weight is 967 g/mol. The van der Waals surface area contributed by atoms with Gasteiger partial charge in [0.1, 0.15) is 17.6 Å². The van der Waals surface area contributed by atoms with E-state index in [9.17, 15) is 33.9 Å². The number of piperidine rings is 3. The molecule has 0 radical (unpaired) electrons. The Morgan fingerprint density at radius 3 is 2.30 bits per heavy atom. The van der Waals surface area contributed by atoms with Crippen LogP contribution in [0.2, 0.25) is 0 Å². The Morgan fingerprint density at radius 1 is 0.803 bits per heavy atom. The minimum atomic E-state index is -0.994. The summed E-state index contributed by atoms with van der Waals surface area (Å²) in [4.78, 5) is 99.3. The molecule has 4 atom stereocenters. The summed E-state index contributed by atoms with van der Waals surface area (Å²) < 4.78 is 2.22. The third kappa shape index (κ3) is 8.35. The highest BCUT2D eigenvalue weighted by Crippen LogP contribution is 2.41. The summed E-state index contributed by atoms with van der Waals surface area (Å²) >= 11 is 0. The number of nitrogens with two attached hydrogens (primary N) is 1. The molecule has 6 amide bonds. The van der Waals surface area contributed by atoms with Gasteiger partial charge < -0.3 is 40.3 Å². The van der Waals surface area contributed by atoms with E-state index < -0.39 is 35.6 Å². The second kappa shape index (κ2) is 18.1. The molecule has 1 unspecified atom stereocenters. The zero-order chi connectivity index (χ0) is 49.5. The van der Waals surface area contributed by atoms with Crippen LogP contribution in [0.5, 0.6) is 0 Å². The number of nitrogens with zero attached hydrogens (tertiary/aromatic N) is 9. The van der Waals surface area contributed by atoms with E-state index in [1.165, 1.54) is 11.3 Å². The molecule has 0 saturated carbocycles. The van der Waals surface area contributed by atoms with Crippen LogP contribution in [-0.2, 0) is 29.0 Å². The van der Waals surface area contributed by atoms with Crippen LogP contribution in [0.15, 0.2) is 54.9 Å². The van der Waals surface area contributed by atoms with Crippen molar-refractivity contribution in [2.24, 2.45) is 11.1 Å². The Hall–Kier alpha value is -6.86. The molecular formula is C52H62N12O7. The fourth-order valence-corrected chi connectivity index (χ4v) is 12.7. The lowest BCUT2D eigenvalue weighted by Crippen LogP contribution is -2.60. The van der Waals surface area contributed by atoms with Gasteiger partial charge in [0.05, 0.1) is 59.3 Å². The first-order chi connectivity index (χ1) is 34.2. The Balaban J connectivity index is 0.707. The molecule has 372 valence electrons. The van der Waals surface area contributed by atoms with E-state index >= 15 is 0 Å². The van der Waals surface area contributed by atoms with Gasteiger partial charge in [-0.25, -0.2) is 9.97 Å². The number of pyridine rings is 2. The molecule has 4 saturated heterocycles. The first-order valence-electron chi connectivity index (χ1n) is 25.2. The maximum Gasteiger partial charge on any atom is 0.270 e. The topological polar surface area (TPSA) is 223 Å². The number of aliphatic hydroxyl groups is 1. The normalized spacial score (nSPS) is 24.8. The number of hydrogen-bond donors (Lipinski definition) is 4. The van der Waals surface area contributed by atoms with Crippen molar-refractivity contribution in [1.29, 1.82) is 0 Å². The number of aliphatic hydroxyl groups excluding tert-OH is 1. The van der Waals surface area contributed by atoms with Crippen LogP contribution < -0.4 is 31.1 Å². The zero-order valence-corrected chi connectivity index (χ0v) is 40.6. The zero-order valence-electron chi connectivity index (χ0n) is 40.6. The summed E-state index contributed by atoms with van der Waals surface area (Å²) in [6.45, 7) is 12.7. The number of benzene rings is 1. The minimum Gasteiger partial charge on any atom is -0.394 e. The molecule has 5 N–H and O–H groups in total. The van der Waals surface area contributed by atoms with E-state index in [4.69, 9.17) is 10.7 Å². The maximum atomic E-state index is 14.1. The van der Waals surface area contributed by atoms with Crippen LogP contribution in [0.3, 0.4) is 0 Å². The van der Waals surface area contributed by atoms with Gasteiger partial charge in [-0.2, -0.15) is 0 Å². The van der Waals surface area contributed by atoms with Gasteiger partial charge in [-0.1, -0.05) is 13.8 Å². The predicted molar refractivity (Wildman–Crippen MR) is 265 cm³/mol. The van der Waals surface area contributed by atoms with Crippen LogP contribution in [-0.4, -0.2) is 152 Å². The van der Waals surface area contributed by atoms with Gasteiger partial charge in [-0.3, -0.25) is 43.9 Å². The molecule has 4 fully saturated rings. The van der Waals surface area contributed by atoms with Crippen molar-refractivity contribution in [2.75, 3.05) is 72.4 Å². The second-order valence-corrected chi connectivity index (χ2v) is 21.2. The Kier molecular flexibility index (Phi) is 11.8. The van der Waals surface area contributed by atoms with Crippen LogP contribution >= 0.6 is 0 Å². The minimum absolute atomic E-state index is 0.0141. The molecule has 7 aliphatic rings. The van der Waals surface area contributed by atoms with E-state index in [2.05, 4.69) is 66.6 Å². The Bertz CT molecular complexity index is 2840. The molecule has 19 nitrogen and oxygen atoms in total. The standard InChI is InChI=1S/C52H62N12O7/c1-30-28-59(32-12-15-58(16-13-32)33-6-8-36-37(22-33)50(70)64(49(36)69)40-9-11-45(66)57-48(40)68)17-18-60(30)34-7-10-44(54-26-34)56-38-23-35(27-55-46(38)47(53)67)61-14-4-5-39(43(61)29-65)63-20-19-62-41(51(63)71)21-31-24-52(2,3)25-42(31)62/h6-8,10,21-23,26-27,30,32,39-40,43,65H,4-5,9,11-20,24-25,28-29H2,1-3H3,(H2,53,67)(H,54,56)(H,57,66,68)/t30-,39-,40?,43-/m0/s1. The molecule has 4 aromatic rings. The number of carbonyl (C=O) groups is 6. The summed E-state index contributed by atoms with van der Waals surface area (Å²) in [6, 6.07) is 12.2. The fourth-order valence-electron chi connectivity index (χ4n) is 12.7.